The molecule has 0 unspecified atom stereocenters. The lowest BCUT2D eigenvalue weighted by atomic mass is 10.1. The van der Waals surface area contributed by atoms with Crippen LogP contribution in [0.25, 0.3) is 0 Å². The van der Waals surface area contributed by atoms with Gasteiger partial charge in [0.25, 0.3) is 0 Å². The van der Waals surface area contributed by atoms with E-state index in [1.54, 1.807) is 24.9 Å². The molecule has 1 aromatic carbocycles. The number of amides is 1. The maximum Gasteiger partial charge on any atom is 0.228 e. The van der Waals surface area contributed by atoms with Gasteiger partial charge in [-0.05, 0) is 32.3 Å². The van der Waals surface area contributed by atoms with E-state index in [1.807, 2.05) is 22.8 Å². The Bertz CT molecular complexity index is 909. The summed E-state index contributed by atoms with van der Waals surface area (Å²) in [5.41, 5.74) is 2.07. The van der Waals surface area contributed by atoms with Gasteiger partial charge in [0, 0.05) is 39.3 Å². The third-order valence-electron chi connectivity index (χ3n) is 5.40. The van der Waals surface area contributed by atoms with E-state index in [9.17, 15) is 13.2 Å². The van der Waals surface area contributed by atoms with Gasteiger partial charge >= 0.3 is 0 Å². The molecule has 0 bridgehead atoms. The van der Waals surface area contributed by atoms with Crippen molar-refractivity contribution in [3.05, 3.63) is 47.8 Å². The van der Waals surface area contributed by atoms with E-state index in [4.69, 9.17) is 0 Å². The Morgan fingerprint density at radius 1 is 1.10 bits per heavy atom. The first-order chi connectivity index (χ1) is 13.9. The lowest BCUT2D eigenvalue weighted by Gasteiger charge is -2.21. The molecule has 8 heteroatoms. The summed E-state index contributed by atoms with van der Waals surface area (Å²) in [4.78, 5) is 19.4. The number of sulfone groups is 1. The van der Waals surface area contributed by atoms with E-state index in [0.717, 1.165) is 50.1 Å². The summed E-state index contributed by atoms with van der Waals surface area (Å²) in [5.74, 6) is 0. The molecule has 1 aromatic heterocycles. The van der Waals surface area contributed by atoms with E-state index < -0.39 is 15.1 Å². The smallest absolute Gasteiger partial charge is 0.228 e. The van der Waals surface area contributed by atoms with Gasteiger partial charge in [-0.3, -0.25) is 9.69 Å². The molecule has 0 radical (unpaired) electrons. The Labute approximate surface area is 173 Å². The Kier molecular flexibility index (Phi) is 7.08. The normalized spacial score (nSPS) is 16.2. The highest BCUT2D eigenvalue weighted by Gasteiger charge is 2.27. The second-order valence-corrected chi connectivity index (χ2v) is 10.2. The Hall–Kier alpha value is -2.19. The summed E-state index contributed by atoms with van der Waals surface area (Å²) in [6.45, 7) is 7.67. The minimum Gasteiger partial charge on any atom is -0.344 e. The molecule has 0 aliphatic carbocycles. The zero-order valence-electron chi connectivity index (χ0n) is 17.2. The van der Waals surface area contributed by atoms with E-state index in [0.29, 0.717) is 19.6 Å². The standard InChI is InChI=1S/C21H30N4O3S/c1-18(2)29(27,28)21-22-15-20(16-23-10-6-11-24(17-26)14-13-23)25(21)12-9-19-7-4-3-5-8-19/h3-5,7-8,15,17-18H,6,9-14,16H2,1-2H3. The van der Waals surface area contributed by atoms with Gasteiger partial charge in [-0.2, -0.15) is 0 Å². The van der Waals surface area contributed by atoms with Gasteiger partial charge in [0.2, 0.25) is 21.4 Å². The van der Waals surface area contributed by atoms with Gasteiger partial charge in [0.15, 0.2) is 0 Å². The molecule has 3 rings (SSSR count). The molecular weight excluding hydrogens is 388 g/mol. The number of carbonyl (C=O) groups excluding carboxylic acids is 1. The van der Waals surface area contributed by atoms with E-state index in [-0.39, 0.29) is 5.16 Å². The summed E-state index contributed by atoms with van der Waals surface area (Å²) in [7, 11) is -3.47. The number of hydrogen-bond donors (Lipinski definition) is 0. The average Bonchev–Trinajstić information content (AvgIpc) is 2.97. The maximum absolute atomic E-state index is 12.9. The van der Waals surface area contributed by atoms with Crippen LogP contribution in [0.3, 0.4) is 0 Å². The molecular formula is C21H30N4O3S. The number of rotatable bonds is 8. The lowest BCUT2D eigenvalue weighted by molar-refractivity contribution is -0.118. The molecule has 0 N–H and O–H groups in total. The first-order valence-electron chi connectivity index (χ1n) is 10.2. The SMILES string of the molecule is CC(C)S(=O)(=O)c1ncc(CN2CCCN(C=O)CC2)n1CCc1ccccc1. The third kappa shape index (κ3) is 5.25. The van der Waals surface area contributed by atoms with Gasteiger partial charge < -0.3 is 9.47 Å². The number of benzene rings is 1. The van der Waals surface area contributed by atoms with Crippen molar-refractivity contribution in [2.75, 3.05) is 26.2 Å². The topological polar surface area (TPSA) is 75.5 Å². The van der Waals surface area contributed by atoms with E-state index in [2.05, 4.69) is 22.0 Å². The lowest BCUT2D eigenvalue weighted by Crippen LogP contribution is -2.30. The predicted molar refractivity (Wildman–Crippen MR) is 112 cm³/mol. The summed E-state index contributed by atoms with van der Waals surface area (Å²) < 4.78 is 27.6. The highest BCUT2D eigenvalue weighted by molar-refractivity contribution is 7.91. The number of aromatic nitrogens is 2. The van der Waals surface area contributed by atoms with Crippen molar-refractivity contribution in [2.24, 2.45) is 0 Å². The molecule has 0 spiro atoms. The number of nitrogens with zero attached hydrogens (tertiary/aromatic N) is 4. The van der Waals surface area contributed by atoms with Crippen LogP contribution in [0.1, 0.15) is 31.5 Å². The number of imidazole rings is 1. The largest absolute Gasteiger partial charge is 0.344 e. The minimum absolute atomic E-state index is 0.155. The fraction of sp³-hybridized carbons (Fsp3) is 0.524. The van der Waals surface area contributed by atoms with Gasteiger partial charge in [-0.15, -0.1) is 0 Å². The maximum atomic E-state index is 12.9. The van der Waals surface area contributed by atoms with Crippen molar-refractivity contribution in [1.82, 2.24) is 19.4 Å². The zero-order valence-corrected chi connectivity index (χ0v) is 18.0. The van der Waals surface area contributed by atoms with Crippen molar-refractivity contribution in [3.63, 3.8) is 0 Å². The van der Waals surface area contributed by atoms with Crippen LogP contribution in [0.4, 0.5) is 0 Å². The van der Waals surface area contributed by atoms with Crippen molar-refractivity contribution in [2.45, 2.75) is 50.2 Å². The molecule has 1 aliphatic rings. The quantitative estimate of drug-likeness (QED) is 0.613. The minimum atomic E-state index is -3.47. The van der Waals surface area contributed by atoms with Crippen molar-refractivity contribution >= 4 is 16.2 Å². The van der Waals surface area contributed by atoms with Crippen LogP contribution in [0.2, 0.25) is 0 Å². The molecule has 2 heterocycles. The highest BCUT2D eigenvalue weighted by atomic mass is 32.2. The summed E-state index contributed by atoms with van der Waals surface area (Å²) in [6.07, 6.45) is 4.25. The molecule has 0 atom stereocenters. The molecule has 29 heavy (non-hydrogen) atoms. The van der Waals surface area contributed by atoms with Crippen LogP contribution in [-0.4, -0.2) is 65.6 Å². The molecule has 0 saturated carbocycles. The summed E-state index contributed by atoms with van der Waals surface area (Å²) in [5, 5.41) is -0.365. The Morgan fingerprint density at radius 3 is 2.55 bits per heavy atom. The van der Waals surface area contributed by atoms with Gasteiger partial charge in [-0.25, -0.2) is 13.4 Å². The molecule has 7 nitrogen and oxygen atoms in total. The number of carbonyl (C=O) groups is 1. The summed E-state index contributed by atoms with van der Waals surface area (Å²) >= 11 is 0. The first kappa shape index (κ1) is 21.5. The van der Waals surface area contributed by atoms with Crippen LogP contribution in [0.5, 0.6) is 0 Å². The molecule has 158 valence electrons. The van der Waals surface area contributed by atoms with Crippen LogP contribution in [0.15, 0.2) is 41.7 Å². The average molecular weight is 419 g/mol. The van der Waals surface area contributed by atoms with Crippen LogP contribution < -0.4 is 0 Å². The molecule has 1 fully saturated rings. The Balaban J connectivity index is 1.84. The zero-order chi connectivity index (χ0) is 20.9. The fourth-order valence-corrected chi connectivity index (χ4v) is 4.70. The molecule has 1 aliphatic heterocycles. The second-order valence-electron chi connectivity index (χ2n) is 7.78. The third-order valence-corrected chi connectivity index (χ3v) is 7.48. The highest BCUT2D eigenvalue weighted by Crippen LogP contribution is 2.20. The first-order valence-corrected chi connectivity index (χ1v) is 11.7. The molecule has 1 saturated heterocycles. The van der Waals surface area contributed by atoms with Crippen LogP contribution >= 0.6 is 0 Å². The molecule has 2 aromatic rings. The summed E-state index contributed by atoms with van der Waals surface area (Å²) in [6, 6.07) is 10.1. The van der Waals surface area contributed by atoms with Gasteiger partial charge in [0.1, 0.15) is 0 Å². The van der Waals surface area contributed by atoms with Crippen LogP contribution in [-0.2, 0) is 34.1 Å². The van der Waals surface area contributed by atoms with E-state index >= 15 is 0 Å². The molecule has 1 amide bonds. The number of aryl methyl sites for hydroxylation is 1. The van der Waals surface area contributed by atoms with Crippen LogP contribution in [0, 0.1) is 0 Å². The Morgan fingerprint density at radius 2 is 1.86 bits per heavy atom. The van der Waals surface area contributed by atoms with Crippen molar-refractivity contribution in [3.8, 4) is 0 Å². The second kappa shape index (κ2) is 9.54. The van der Waals surface area contributed by atoms with Crippen molar-refractivity contribution in [1.29, 1.82) is 0 Å². The predicted octanol–water partition coefficient (Wildman–Crippen LogP) is 1.97. The van der Waals surface area contributed by atoms with Gasteiger partial charge in [-0.1, -0.05) is 30.3 Å². The van der Waals surface area contributed by atoms with E-state index in [1.165, 1.54) is 0 Å². The number of hydrogen-bond acceptors (Lipinski definition) is 5. The van der Waals surface area contributed by atoms with Gasteiger partial charge in [0.05, 0.1) is 17.1 Å². The van der Waals surface area contributed by atoms with Crippen molar-refractivity contribution < 1.29 is 13.2 Å². The fourth-order valence-electron chi connectivity index (χ4n) is 3.56. The monoisotopic (exact) mass is 418 g/mol.